The Morgan fingerprint density at radius 2 is 1.91 bits per heavy atom. The first kappa shape index (κ1) is 21.5. The highest BCUT2D eigenvalue weighted by atomic mass is 16.5. The summed E-state index contributed by atoms with van der Waals surface area (Å²) in [5.74, 6) is 2.14. The molecule has 2 aromatic heterocycles. The molecule has 4 aromatic rings. The van der Waals surface area contributed by atoms with Crippen molar-refractivity contribution >= 4 is 27.9 Å². The van der Waals surface area contributed by atoms with E-state index in [0.717, 1.165) is 59.1 Å². The van der Waals surface area contributed by atoms with Crippen molar-refractivity contribution < 1.29 is 13.9 Å². The highest BCUT2D eigenvalue weighted by Crippen LogP contribution is 2.32. The summed E-state index contributed by atoms with van der Waals surface area (Å²) in [6.45, 7) is 2.50. The van der Waals surface area contributed by atoms with Crippen LogP contribution < -0.4 is 10.4 Å². The van der Waals surface area contributed by atoms with Gasteiger partial charge in [-0.15, -0.1) is 0 Å². The van der Waals surface area contributed by atoms with Crippen LogP contribution in [0.4, 0.5) is 0 Å². The number of oxazole rings is 1. The number of ether oxygens (including phenoxy) is 1. The van der Waals surface area contributed by atoms with E-state index in [1.165, 1.54) is 0 Å². The van der Waals surface area contributed by atoms with Gasteiger partial charge in [-0.1, -0.05) is 6.07 Å². The van der Waals surface area contributed by atoms with Crippen molar-refractivity contribution in [3.63, 3.8) is 0 Å². The smallest absolute Gasteiger partial charge is 0.328 e. The number of imidazole rings is 1. The summed E-state index contributed by atoms with van der Waals surface area (Å²) in [6.07, 6.45) is 4.07. The predicted molar refractivity (Wildman–Crippen MR) is 127 cm³/mol. The maximum atomic E-state index is 13.0. The van der Waals surface area contributed by atoms with Gasteiger partial charge in [0, 0.05) is 38.9 Å². The zero-order valence-electron chi connectivity index (χ0n) is 19.3. The van der Waals surface area contributed by atoms with E-state index >= 15 is 0 Å². The molecule has 1 aliphatic rings. The third kappa shape index (κ3) is 4.08. The van der Waals surface area contributed by atoms with Crippen LogP contribution in [0.25, 0.3) is 22.1 Å². The quantitative estimate of drug-likeness (QED) is 0.437. The van der Waals surface area contributed by atoms with E-state index < -0.39 is 0 Å². The van der Waals surface area contributed by atoms with Crippen LogP contribution in [-0.2, 0) is 24.8 Å². The molecule has 0 N–H and O–H groups in total. The van der Waals surface area contributed by atoms with Gasteiger partial charge >= 0.3 is 5.69 Å². The minimum absolute atomic E-state index is 0.00469. The highest BCUT2D eigenvalue weighted by Gasteiger charge is 2.27. The van der Waals surface area contributed by atoms with Crippen molar-refractivity contribution in [1.82, 2.24) is 14.1 Å². The Hall–Kier alpha value is -3.35. The average molecular weight is 448 g/mol. The zero-order chi connectivity index (χ0) is 23.1. The van der Waals surface area contributed by atoms with Gasteiger partial charge in [-0.3, -0.25) is 13.9 Å². The molecule has 0 radical (unpaired) electrons. The van der Waals surface area contributed by atoms with E-state index in [4.69, 9.17) is 9.15 Å². The van der Waals surface area contributed by atoms with Crippen LogP contribution >= 0.6 is 0 Å². The third-order valence-corrected chi connectivity index (χ3v) is 7.03. The SMILES string of the molecule is COc1ccc2c(c1)n(CC1CCC(C(=O)Cc3ccc4oc(C)nc4c3)CC1)c(=O)n2C. The zero-order valence-corrected chi connectivity index (χ0v) is 19.3. The first-order chi connectivity index (χ1) is 15.9. The van der Waals surface area contributed by atoms with Crippen LogP contribution in [0.3, 0.4) is 0 Å². The van der Waals surface area contributed by atoms with Gasteiger partial charge in [0.1, 0.15) is 17.0 Å². The van der Waals surface area contributed by atoms with Crippen LogP contribution in [0, 0.1) is 18.8 Å². The number of nitrogens with zero attached hydrogens (tertiary/aromatic N) is 3. The maximum absolute atomic E-state index is 13.0. The Bertz CT molecular complexity index is 1390. The highest BCUT2D eigenvalue weighted by molar-refractivity contribution is 5.84. The maximum Gasteiger partial charge on any atom is 0.328 e. The molecule has 0 aliphatic heterocycles. The van der Waals surface area contributed by atoms with E-state index in [2.05, 4.69) is 4.98 Å². The summed E-state index contributed by atoms with van der Waals surface area (Å²) in [7, 11) is 3.44. The van der Waals surface area contributed by atoms with Gasteiger partial charge in [0.15, 0.2) is 11.5 Å². The summed E-state index contributed by atoms with van der Waals surface area (Å²) >= 11 is 0. The summed E-state index contributed by atoms with van der Waals surface area (Å²) in [4.78, 5) is 30.2. The molecule has 0 unspecified atom stereocenters. The number of fused-ring (bicyclic) bond motifs is 2. The van der Waals surface area contributed by atoms with E-state index in [9.17, 15) is 9.59 Å². The second kappa shape index (κ2) is 8.54. The first-order valence-corrected chi connectivity index (χ1v) is 11.5. The Balaban J connectivity index is 1.24. The van der Waals surface area contributed by atoms with Crippen molar-refractivity contribution in [3.8, 4) is 5.75 Å². The fraction of sp³-hybridized carbons (Fsp3) is 0.423. The van der Waals surface area contributed by atoms with Gasteiger partial charge in [-0.2, -0.15) is 0 Å². The molecule has 33 heavy (non-hydrogen) atoms. The lowest BCUT2D eigenvalue weighted by atomic mass is 9.79. The molecule has 172 valence electrons. The number of carbonyl (C=O) groups is 1. The number of ketones is 1. The van der Waals surface area contributed by atoms with Crippen molar-refractivity contribution in [2.24, 2.45) is 18.9 Å². The molecule has 1 fully saturated rings. The number of methoxy groups -OCH3 is 1. The predicted octanol–water partition coefficient (Wildman–Crippen LogP) is 4.42. The lowest BCUT2D eigenvalue weighted by Gasteiger charge is -2.28. The molecule has 2 aromatic carbocycles. The van der Waals surface area contributed by atoms with E-state index in [1.54, 1.807) is 18.7 Å². The fourth-order valence-electron chi connectivity index (χ4n) is 5.16. The number of aryl methyl sites for hydroxylation is 2. The van der Waals surface area contributed by atoms with Crippen LogP contribution in [-0.4, -0.2) is 27.0 Å². The number of aromatic nitrogens is 3. The van der Waals surface area contributed by atoms with Crippen LogP contribution in [0.5, 0.6) is 5.75 Å². The normalized spacial score (nSPS) is 18.8. The standard InChI is InChI=1S/C26H29N3O4/c1-16-27-21-12-18(6-11-25(21)33-16)13-24(30)19-7-4-17(5-8-19)15-29-23-14-20(32-3)9-10-22(23)28(2)26(29)31/h6,9-12,14,17,19H,4-5,7-8,13,15H2,1-3H3. The molecule has 1 saturated carbocycles. The van der Waals surface area contributed by atoms with E-state index in [-0.39, 0.29) is 11.6 Å². The minimum Gasteiger partial charge on any atom is -0.497 e. The number of rotatable bonds is 6. The largest absolute Gasteiger partial charge is 0.497 e. The number of hydrogen-bond acceptors (Lipinski definition) is 5. The molecule has 7 heteroatoms. The van der Waals surface area contributed by atoms with Crippen molar-refractivity contribution in [3.05, 3.63) is 58.3 Å². The van der Waals surface area contributed by atoms with E-state index in [0.29, 0.717) is 30.6 Å². The summed E-state index contributed by atoms with van der Waals surface area (Å²) in [5, 5.41) is 0. The van der Waals surface area contributed by atoms with Crippen LogP contribution in [0.1, 0.15) is 37.1 Å². The third-order valence-electron chi connectivity index (χ3n) is 7.03. The number of carbonyl (C=O) groups excluding carboxylic acids is 1. The Labute approximate surface area is 192 Å². The molecule has 1 aliphatic carbocycles. The Morgan fingerprint density at radius 3 is 2.67 bits per heavy atom. The Morgan fingerprint density at radius 1 is 1.12 bits per heavy atom. The van der Waals surface area contributed by atoms with Crippen molar-refractivity contribution in [2.45, 2.75) is 45.6 Å². The fourth-order valence-corrected chi connectivity index (χ4v) is 5.16. The second-order valence-corrected chi connectivity index (χ2v) is 9.20. The van der Waals surface area contributed by atoms with Crippen molar-refractivity contribution in [2.75, 3.05) is 7.11 Å². The molecule has 2 heterocycles. The van der Waals surface area contributed by atoms with Crippen LogP contribution in [0.2, 0.25) is 0 Å². The van der Waals surface area contributed by atoms with Gasteiger partial charge in [0.25, 0.3) is 0 Å². The molecule has 0 atom stereocenters. The molecule has 0 spiro atoms. The van der Waals surface area contributed by atoms with Gasteiger partial charge in [-0.05, 0) is 61.4 Å². The van der Waals surface area contributed by atoms with Gasteiger partial charge in [0.2, 0.25) is 0 Å². The van der Waals surface area contributed by atoms with Gasteiger partial charge < -0.3 is 9.15 Å². The Kier molecular flexibility index (Phi) is 5.56. The molecule has 0 amide bonds. The van der Waals surface area contributed by atoms with Gasteiger partial charge in [0.05, 0.1) is 18.1 Å². The van der Waals surface area contributed by atoms with Crippen molar-refractivity contribution in [1.29, 1.82) is 0 Å². The van der Waals surface area contributed by atoms with E-state index in [1.807, 2.05) is 47.9 Å². The molecule has 0 bridgehead atoms. The molecule has 5 rings (SSSR count). The first-order valence-electron chi connectivity index (χ1n) is 11.5. The molecular weight excluding hydrogens is 418 g/mol. The topological polar surface area (TPSA) is 79.3 Å². The lowest BCUT2D eigenvalue weighted by molar-refractivity contribution is -0.123. The molecule has 0 saturated heterocycles. The van der Waals surface area contributed by atoms with Crippen LogP contribution in [0.15, 0.2) is 45.6 Å². The summed E-state index contributed by atoms with van der Waals surface area (Å²) in [5.41, 5.74) is 4.35. The molecular formula is C26H29N3O4. The average Bonchev–Trinajstić information content (AvgIpc) is 3.30. The lowest BCUT2D eigenvalue weighted by Crippen LogP contribution is -2.29. The number of hydrogen-bond donors (Lipinski definition) is 0. The second-order valence-electron chi connectivity index (χ2n) is 9.20. The minimum atomic E-state index is -0.00469. The number of Topliss-reactive ketones (excluding diaryl/α,β-unsaturated/α-hetero) is 1. The van der Waals surface area contributed by atoms with Gasteiger partial charge in [-0.25, -0.2) is 9.78 Å². The summed E-state index contributed by atoms with van der Waals surface area (Å²) < 4.78 is 14.4. The number of benzene rings is 2. The monoisotopic (exact) mass is 447 g/mol. The summed E-state index contributed by atoms with van der Waals surface area (Å²) in [6, 6.07) is 11.5. The molecule has 7 nitrogen and oxygen atoms in total.